The molecule has 148 valence electrons. The van der Waals surface area contributed by atoms with Gasteiger partial charge in [-0.2, -0.15) is 0 Å². The smallest absolute Gasteiger partial charge is 0.270 e. The van der Waals surface area contributed by atoms with E-state index >= 15 is 0 Å². The average Bonchev–Trinajstić information content (AvgIpc) is 3.29. The maximum absolute atomic E-state index is 12.8. The first-order valence-corrected chi connectivity index (χ1v) is 9.60. The summed E-state index contributed by atoms with van der Waals surface area (Å²) in [7, 11) is 1.83. The monoisotopic (exact) mass is 383 g/mol. The molecule has 28 heavy (non-hydrogen) atoms. The first kappa shape index (κ1) is 18.6. The molecule has 2 aliphatic heterocycles. The lowest BCUT2D eigenvalue weighted by molar-refractivity contribution is -0.119. The molecular weight excluding hydrogens is 358 g/mol. The summed E-state index contributed by atoms with van der Waals surface area (Å²) in [6.45, 7) is 5.40. The van der Waals surface area contributed by atoms with Crippen LogP contribution >= 0.6 is 0 Å². The zero-order chi connectivity index (χ0) is 19.9. The Morgan fingerprint density at radius 3 is 3.04 bits per heavy atom. The van der Waals surface area contributed by atoms with E-state index in [0.717, 1.165) is 23.5 Å². The molecule has 4 rings (SSSR count). The Bertz CT molecular complexity index is 924. The second kappa shape index (κ2) is 7.01. The van der Waals surface area contributed by atoms with Gasteiger partial charge < -0.3 is 19.5 Å². The predicted molar refractivity (Wildman–Crippen MR) is 103 cm³/mol. The fraction of sp³-hybridized carbons (Fsp3) is 0.500. The third kappa shape index (κ3) is 3.17. The van der Waals surface area contributed by atoms with Crippen molar-refractivity contribution >= 4 is 17.6 Å². The summed E-state index contributed by atoms with van der Waals surface area (Å²) in [6, 6.07) is 1.24. The number of aromatic nitrogens is 3. The largest absolute Gasteiger partial charge is 0.366 e. The van der Waals surface area contributed by atoms with E-state index in [4.69, 9.17) is 4.74 Å². The number of Topliss-reactive ketones (excluding diaryl/α,β-unsaturated/α-hetero) is 1. The number of hydrogen-bond donors (Lipinski definition) is 1. The third-order valence-electron chi connectivity index (χ3n) is 5.79. The topological polar surface area (TPSA) is 89.3 Å². The van der Waals surface area contributed by atoms with Crippen LogP contribution in [0.15, 0.2) is 24.7 Å². The fourth-order valence-electron chi connectivity index (χ4n) is 3.86. The highest BCUT2D eigenvalue weighted by molar-refractivity contribution is 5.97. The molecule has 2 aliphatic rings. The van der Waals surface area contributed by atoms with Crippen LogP contribution < -0.4 is 10.2 Å². The Labute approximate surface area is 163 Å². The van der Waals surface area contributed by atoms with Crippen molar-refractivity contribution in [2.45, 2.75) is 51.5 Å². The normalized spacial score (nSPS) is 24.3. The molecular formula is C20H25N5O3. The van der Waals surface area contributed by atoms with Crippen molar-refractivity contribution in [2.24, 2.45) is 0 Å². The molecule has 1 amide bonds. The third-order valence-corrected chi connectivity index (χ3v) is 5.79. The number of fused-ring (bicyclic) bond motifs is 2. The molecule has 2 aromatic rings. The summed E-state index contributed by atoms with van der Waals surface area (Å²) in [5, 5.41) is 2.88. The number of hydrogen-bond acceptors (Lipinski definition) is 6. The number of aryl methyl sites for hydroxylation is 1. The molecule has 0 aromatic carbocycles. The van der Waals surface area contributed by atoms with E-state index in [1.807, 2.05) is 24.7 Å². The zero-order valence-corrected chi connectivity index (χ0v) is 16.4. The lowest BCUT2D eigenvalue weighted by Gasteiger charge is -2.27. The number of pyridine rings is 1. The van der Waals surface area contributed by atoms with E-state index in [1.54, 1.807) is 23.4 Å². The van der Waals surface area contributed by atoms with Crippen LogP contribution in [0.25, 0.3) is 0 Å². The number of ether oxygens (including phenoxy) is 1. The molecule has 1 unspecified atom stereocenters. The lowest BCUT2D eigenvalue weighted by atomic mass is 9.92. The number of carbonyl (C=O) groups excluding carboxylic acids is 2. The van der Waals surface area contributed by atoms with Crippen molar-refractivity contribution in [2.75, 3.05) is 18.5 Å². The highest BCUT2D eigenvalue weighted by Crippen LogP contribution is 2.38. The molecule has 0 saturated carbocycles. The summed E-state index contributed by atoms with van der Waals surface area (Å²) in [5.74, 6) is 0.394. The van der Waals surface area contributed by atoms with E-state index in [9.17, 15) is 9.59 Å². The molecule has 0 radical (unpaired) electrons. The van der Waals surface area contributed by atoms with Gasteiger partial charge >= 0.3 is 0 Å². The molecule has 8 nitrogen and oxygen atoms in total. The Hall–Kier alpha value is -2.74. The molecule has 0 spiro atoms. The average molecular weight is 383 g/mol. The molecule has 2 atom stereocenters. The number of anilines is 1. The van der Waals surface area contributed by atoms with Gasteiger partial charge in [-0.15, -0.1) is 0 Å². The predicted octanol–water partition coefficient (Wildman–Crippen LogP) is 1.64. The van der Waals surface area contributed by atoms with Crippen LogP contribution in [0.1, 0.15) is 48.3 Å². The molecule has 2 aromatic heterocycles. The number of likely N-dealkylation sites (N-methyl/N-ethyl adjacent to an activating group) is 1. The first-order valence-electron chi connectivity index (χ1n) is 9.60. The van der Waals surface area contributed by atoms with E-state index in [1.165, 1.54) is 0 Å². The number of carbonyl (C=O) groups is 2. The maximum Gasteiger partial charge on any atom is 0.270 e. The van der Waals surface area contributed by atoms with Crippen LogP contribution in [0.5, 0.6) is 0 Å². The maximum atomic E-state index is 12.8. The summed E-state index contributed by atoms with van der Waals surface area (Å²) >= 11 is 0. The molecule has 0 saturated heterocycles. The Morgan fingerprint density at radius 1 is 1.43 bits per heavy atom. The standard InChI is InChI=1S/C20H25N5O3/c1-4-20(2)14-9-16(22-10-13(14)12-28-20)18(27)23-15-5-7-25-8-6-21-19(25)24(3)11-17(15)26/h6,8-10,15H,4-5,7,11-12H2,1-3H3,(H,23,27)/t15?,20-/m1/s1. The van der Waals surface area contributed by atoms with Gasteiger partial charge in [0.05, 0.1) is 24.8 Å². The number of nitrogens with zero attached hydrogens (tertiary/aromatic N) is 4. The fourth-order valence-corrected chi connectivity index (χ4v) is 3.86. The van der Waals surface area contributed by atoms with E-state index in [0.29, 0.717) is 25.3 Å². The van der Waals surface area contributed by atoms with E-state index < -0.39 is 11.6 Å². The highest BCUT2D eigenvalue weighted by atomic mass is 16.5. The van der Waals surface area contributed by atoms with Crippen molar-refractivity contribution < 1.29 is 14.3 Å². The molecule has 0 fully saturated rings. The summed E-state index contributed by atoms with van der Waals surface area (Å²) < 4.78 is 7.88. The van der Waals surface area contributed by atoms with E-state index in [-0.39, 0.29) is 18.2 Å². The highest BCUT2D eigenvalue weighted by Gasteiger charge is 2.35. The Kier molecular flexibility index (Phi) is 4.66. The Morgan fingerprint density at radius 2 is 2.25 bits per heavy atom. The number of rotatable bonds is 3. The van der Waals surface area contributed by atoms with Gasteiger partial charge in [0.15, 0.2) is 5.78 Å². The van der Waals surface area contributed by atoms with Crippen molar-refractivity contribution in [1.29, 1.82) is 0 Å². The zero-order valence-electron chi connectivity index (χ0n) is 16.4. The van der Waals surface area contributed by atoms with Gasteiger partial charge in [-0.1, -0.05) is 6.92 Å². The SMILES string of the molecule is CC[C@@]1(C)OCc2cnc(C(=O)NC3CCn4ccnc4N(C)CC3=O)cc21. The lowest BCUT2D eigenvalue weighted by Crippen LogP contribution is -2.47. The van der Waals surface area contributed by atoms with Gasteiger partial charge in [0.1, 0.15) is 5.69 Å². The molecule has 4 heterocycles. The molecule has 8 heteroatoms. The second-order valence-corrected chi connectivity index (χ2v) is 7.66. The van der Waals surface area contributed by atoms with Gasteiger partial charge in [-0.05, 0) is 31.4 Å². The van der Waals surface area contributed by atoms with E-state index in [2.05, 4.69) is 22.2 Å². The molecule has 1 N–H and O–H groups in total. The number of amides is 1. The minimum absolute atomic E-state index is 0.0343. The van der Waals surface area contributed by atoms with Crippen molar-refractivity contribution in [3.63, 3.8) is 0 Å². The van der Waals surface area contributed by atoms with Gasteiger partial charge in [-0.3, -0.25) is 14.6 Å². The minimum atomic E-state index is -0.561. The van der Waals surface area contributed by atoms with Crippen LogP contribution in [0.3, 0.4) is 0 Å². The van der Waals surface area contributed by atoms with Crippen molar-refractivity contribution in [1.82, 2.24) is 19.9 Å². The quantitative estimate of drug-likeness (QED) is 0.867. The molecule has 0 bridgehead atoms. The van der Waals surface area contributed by atoms with Gasteiger partial charge in [0.25, 0.3) is 5.91 Å². The minimum Gasteiger partial charge on any atom is -0.366 e. The van der Waals surface area contributed by atoms with Gasteiger partial charge in [-0.25, -0.2) is 4.98 Å². The summed E-state index contributed by atoms with van der Waals surface area (Å²) in [6.07, 6.45) is 6.63. The van der Waals surface area contributed by atoms with Crippen molar-refractivity contribution in [3.8, 4) is 0 Å². The Balaban J connectivity index is 1.52. The van der Waals surface area contributed by atoms with Crippen LogP contribution in [0.2, 0.25) is 0 Å². The molecule has 0 aliphatic carbocycles. The van der Waals surface area contributed by atoms with Crippen LogP contribution in [0, 0.1) is 0 Å². The summed E-state index contributed by atoms with van der Waals surface area (Å²) in [5.41, 5.74) is 1.93. The van der Waals surface area contributed by atoms with Gasteiger partial charge in [0.2, 0.25) is 5.95 Å². The van der Waals surface area contributed by atoms with Crippen LogP contribution in [-0.2, 0) is 28.3 Å². The van der Waals surface area contributed by atoms with Crippen LogP contribution in [0.4, 0.5) is 5.95 Å². The number of ketones is 1. The second-order valence-electron chi connectivity index (χ2n) is 7.66. The van der Waals surface area contributed by atoms with Crippen LogP contribution in [-0.4, -0.2) is 45.9 Å². The number of nitrogens with one attached hydrogen (secondary N) is 1. The summed E-state index contributed by atoms with van der Waals surface area (Å²) in [4.78, 5) is 35.9. The van der Waals surface area contributed by atoms with Crippen molar-refractivity contribution in [3.05, 3.63) is 41.5 Å². The van der Waals surface area contributed by atoms with Gasteiger partial charge in [0, 0.05) is 37.7 Å². The number of imidazole rings is 1. The first-order chi connectivity index (χ1) is 13.4.